The molecule has 0 spiro atoms. The van der Waals surface area contributed by atoms with Gasteiger partial charge in [-0.3, -0.25) is 14.3 Å². The number of nitrogens with one attached hydrogen (secondary N) is 2. The third kappa shape index (κ3) is 4.01. The van der Waals surface area contributed by atoms with E-state index in [4.69, 9.17) is 4.74 Å². The Morgan fingerprint density at radius 2 is 2.14 bits per heavy atom. The number of rotatable bonds is 6. The lowest BCUT2D eigenvalue weighted by molar-refractivity contribution is -0.123. The van der Waals surface area contributed by atoms with Crippen molar-refractivity contribution in [2.24, 2.45) is 7.05 Å². The topological polar surface area (TPSA) is 119 Å². The molecule has 2 N–H and O–H groups in total. The average molecular weight is 406 g/mol. The van der Waals surface area contributed by atoms with Crippen LogP contribution >= 0.6 is 0 Å². The minimum atomic E-state index is -4.07. The number of sulfonamides is 1. The van der Waals surface area contributed by atoms with Crippen molar-refractivity contribution < 1.29 is 22.7 Å². The first-order valence-electron chi connectivity index (χ1n) is 8.86. The highest BCUT2D eigenvalue weighted by molar-refractivity contribution is 7.90. The summed E-state index contributed by atoms with van der Waals surface area (Å²) in [5.41, 5.74) is 2.07. The molecule has 1 aromatic heterocycles. The summed E-state index contributed by atoms with van der Waals surface area (Å²) in [5, 5.41) is 6.73. The predicted octanol–water partition coefficient (Wildman–Crippen LogP) is 1.28. The lowest BCUT2D eigenvalue weighted by Gasteiger charge is -2.25. The Morgan fingerprint density at radius 3 is 2.79 bits per heavy atom. The minimum Gasteiger partial charge on any atom is -0.478 e. The molecule has 2 aromatic rings. The lowest BCUT2D eigenvalue weighted by Crippen LogP contribution is -2.36. The maximum atomic E-state index is 12.5. The van der Waals surface area contributed by atoms with Crippen LogP contribution in [0.15, 0.2) is 29.3 Å². The van der Waals surface area contributed by atoms with Crippen molar-refractivity contribution in [3.05, 3.63) is 35.7 Å². The molecule has 1 atom stereocenters. The standard InChI is InChI=1S/C18H22N4O5S/c1-4-15-18(24)20-14-9-13(6-7-16(14)27-15)28(25,26)21-17(23)8-5-12-10-19-22(3)11(12)2/h6-7,9-10,15H,4-5,8H2,1-3H3,(H,20,24)(H,21,23). The van der Waals surface area contributed by atoms with Gasteiger partial charge in [0.15, 0.2) is 6.10 Å². The fourth-order valence-electron chi connectivity index (χ4n) is 2.86. The van der Waals surface area contributed by atoms with Gasteiger partial charge in [0.05, 0.1) is 16.8 Å². The SMILES string of the molecule is CCC1Oc2ccc(S(=O)(=O)NC(=O)CCc3cnn(C)c3C)cc2NC1=O. The number of nitrogens with zero attached hydrogens (tertiary/aromatic N) is 2. The molecule has 3 rings (SSSR count). The average Bonchev–Trinajstić information content (AvgIpc) is 2.97. The summed E-state index contributed by atoms with van der Waals surface area (Å²) in [6.45, 7) is 3.69. The molecule has 28 heavy (non-hydrogen) atoms. The van der Waals surface area contributed by atoms with E-state index >= 15 is 0 Å². The Balaban J connectivity index is 1.69. The van der Waals surface area contributed by atoms with Crippen LogP contribution < -0.4 is 14.8 Å². The van der Waals surface area contributed by atoms with Crippen molar-refractivity contribution >= 4 is 27.5 Å². The first kappa shape index (κ1) is 19.9. The summed E-state index contributed by atoms with van der Waals surface area (Å²) in [6.07, 6.45) is 1.94. The van der Waals surface area contributed by atoms with Crippen LogP contribution in [0.5, 0.6) is 5.75 Å². The highest BCUT2D eigenvalue weighted by Crippen LogP contribution is 2.32. The van der Waals surface area contributed by atoms with Gasteiger partial charge >= 0.3 is 0 Å². The van der Waals surface area contributed by atoms with E-state index in [9.17, 15) is 18.0 Å². The quantitative estimate of drug-likeness (QED) is 0.746. The molecule has 0 saturated carbocycles. The Morgan fingerprint density at radius 1 is 1.39 bits per heavy atom. The molecule has 2 amide bonds. The Hall–Kier alpha value is -2.88. The summed E-state index contributed by atoms with van der Waals surface area (Å²) >= 11 is 0. The first-order valence-corrected chi connectivity index (χ1v) is 10.3. The second-order valence-electron chi connectivity index (χ2n) is 6.57. The number of carbonyl (C=O) groups excluding carboxylic acids is 2. The molecule has 150 valence electrons. The van der Waals surface area contributed by atoms with E-state index < -0.39 is 22.0 Å². The van der Waals surface area contributed by atoms with Gasteiger partial charge in [-0.1, -0.05) is 6.92 Å². The van der Waals surface area contributed by atoms with Gasteiger partial charge in [-0.15, -0.1) is 0 Å². The van der Waals surface area contributed by atoms with Crippen molar-refractivity contribution in [2.45, 2.75) is 44.1 Å². The van der Waals surface area contributed by atoms with Crippen LogP contribution in [0, 0.1) is 6.92 Å². The fourth-order valence-corrected chi connectivity index (χ4v) is 3.90. The van der Waals surface area contributed by atoms with E-state index in [1.54, 1.807) is 17.9 Å². The molecule has 0 aliphatic carbocycles. The molecule has 0 saturated heterocycles. The van der Waals surface area contributed by atoms with Crippen molar-refractivity contribution in [3.8, 4) is 5.75 Å². The molecule has 1 aliphatic heterocycles. The zero-order chi connectivity index (χ0) is 20.5. The zero-order valence-electron chi connectivity index (χ0n) is 15.9. The molecule has 1 aromatic carbocycles. The summed E-state index contributed by atoms with van der Waals surface area (Å²) in [4.78, 5) is 23.9. The molecule has 1 unspecified atom stereocenters. The monoisotopic (exact) mass is 406 g/mol. The van der Waals surface area contributed by atoms with E-state index in [1.807, 2.05) is 13.8 Å². The molecule has 0 radical (unpaired) electrons. The number of aromatic nitrogens is 2. The maximum Gasteiger partial charge on any atom is 0.265 e. The summed E-state index contributed by atoms with van der Waals surface area (Å²) in [6, 6.07) is 4.08. The lowest BCUT2D eigenvalue weighted by atomic mass is 10.1. The van der Waals surface area contributed by atoms with Gasteiger partial charge in [0.1, 0.15) is 5.75 Å². The number of carbonyl (C=O) groups is 2. The molecule has 0 bridgehead atoms. The number of fused-ring (bicyclic) bond motifs is 1. The molecular weight excluding hydrogens is 384 g/mol. The van der Waals surface area contributed by atoms with Gasteiger partial charge in [0.25, 0.3) is 15.9 Å². The van der Waals surface area contributed by atoms with Crippen molar-refractivity contribution in [1.29, 1.82) is 0 Å². The molecular formula is C18H22N4O5S. The van der Waals surface area contributed by atoms with E-state index in [-0.39, 0.29) is 22.9 Å². The number of anilines is 1. The third-order valence-electron chi connectivity index (χ3n) is 4.66. The third-order valence-corrected chi connectivity index (χ3v) is 6.03. The molecule has 2 heterocycles. The Bertz CT molecular complexity index is 1030. The van der Waals surface area contributed by atoms with Gasteiger partial charge in [0.2, 0.25) is 5.91 Å². The molecule has 1 aliphatic rings. The van der Waals surface area contributed by atoms with Gasteiger partial charge < -0.3 is 10.1 Å². The molecule has 0 fully saturated rings. The second kappa shape index (κ2) is 7.63. The highest BCUT2D eigenvalue weighted by Gasteiger charge is 2.28. The van der Waals surface area contributed by atoms with Crippen LogP contribution in [0.3, 0.4) is 0 Å². The summed E-state index contributed by atoms with van der Waals surface area (Å²) in [5.74, 6) is -0.559. The van der Waals surface area contributed by atoms with E-state index in [1.165, 1.54) is 18.2 Å². The van der Waals surface area contributed by atoms with Crippen LogP contribution in [0.2, 0.25) is 0 Å². The van der Waals surface area contributed by atoms with E-state index in [2.05, 4.69) is 15.1 Å². The van der Waals surface area contributed by atoms with Gasteiger partial charge in [-0.05, 0) is 43.5 Å². The Kier molecular flexibility index (Phi) is 5.41. The molecule has 9 nitrogen and oxygen atoms in total. The van der Waals surface area contributed by atoms with E-state index in [0.717, 1.165) is 11.3 Å². The Labute approximate surface area is 163 Å². The first-order chi connectivity index (χ1) is 13.2. The normalized spacial score (nSPS) is 16.1. The number of aryl methyl sites for hydroxylation is 2. The van der Waals surface area contributed by atoms with Crippen LogP contribution in [-0.4, -0.2) is 36.1 Å². The minimum absolute atomic E-state index is 0.00866. The second-order valence-corrected chi connectivity index (χ2v) is 8.25. The van der Waals surface area contributed by atoms with E-state index in [0.29, 0.717) is 18.6 Å². The number of benzene rings is 1. The van der Waals surface area contributed by atoms with Gasteiger partial charge in [0, 0.05) is 19.2 Å². The van der Waals surface area contributed by atoms with Gasteiger partial charge in [-0.2, -0.15) is 5.10 Å². The number of hydrogen-bond acceptors (Lipinski definition) is 6. The van der Waals surface area contributed by atoms with Crippen molar-refractivity contribution in [1.82, 2.24) is 14.5 Å². The maximum absolute atomic E-state index is 12.5. The zero-order valence-corrected chi connectivity index (χ0v) is 16.7. The van der Waals surface area contributed by atoms with Crippen LogP contribution in [0.4, 0.5) is 5.69 Å². The highest BCUT2D eigenvalue weighted by atomic mass is 32.2. The predicted molar refractivity (Wildman–Crippen MR) is 101 cm³/mol. The number of amides is 2. The largest absolute Gasteiger partial charge is 0.478 e. The number of ether oxygens (including phenoxy) is 1. The fraction of sp³-hybridized carbons (Fsp3) is 0.389. The van der Waals surface area contributed by atoms with Crippen molar-refractivity contribution in [2.75, 3.05) is 5.32 Å². The van der Waals surface area contributed by atoms with Crippen LogP contribution in [0.1, 0.15) is 31.0 Å². The van der Waals surface area contributed by atoms with Crippen molar-refractivity contribution in [3.63, 3.8) is 0 Å². The summed E-state index contributed by atoms with van der Waals surface area (Å²) in [7, 11) is -2.27. The smallest absolute Gasteiger partial charge is 0.265 e. The van der Waals surface area contributed by atoms with Gasteiger partial charge in [-0.25, -0.2) is 13.1 Å². The molecule has 10 heteroatoms. The number of hydrogen-bond donors (Lipinski definition) is 2. The van der Waals surface area contributed by atoms with Crippen LogP contribution in [0.25, 0.3) is 0 Å². The summed E-state index contributed by atoms with van der Waals surface area (Å²) < 4.78 is 34.3. The van der Waals surface area contributed by atoms with Crippen LogP contribution in [-0.2, 0) is 33.1 Å².